The van der Waals surface area contributed by atoms with Crippen molar-refractivity contribution >= 4 is 51.9 Å². The molecule has 0 aliphatic carbocycles. The fraction of sp³-hybridized carbons (Fsp3) is 0.450. The molecule has 5 rings (SSSR count). The van der Waals surface area contributed by atoms with Crippen molar-refractivity contribution in [2.75, 3.05) is 24.3 Å². The molecule has 1 aromatic carbocycles. The van der Waals surface area contributed by atoms with Crippen molar-refractivity contribution in [2.24, 2.45) is 0 Å². The summed E-state index contributed by atoms with van der Waals surface area (Å²) in [5.74, 6) is 0.951. The van der Waals surface area contributed by atoms with Gasteiger partial charge in [0.25, 0.3) is 0 Å². The molecule has 0 radical (unpaired) electrons. The molecule has 1 unspecified atom stereocenters. The number of thioether (sulfide) groups is 1. The van der Waals surface area contributed by atoms with Crippen LogP contribution in [0.15, 0.2) is 35.7 Å². The van der Waals surface area contributed by atoms with E-state index in [1.54, 1.807) is 22.8 Å². The molecule has 2 aromatic heterocycles. The first-order valence-corrected chi connectivity index (χ1v) is 11.9. The van der Waals surface area contributed by atoms with Crippen LogP contribution in [0.1, 0.15) is 12.6 Å². The molecule has 0 saturated carbocycles. The number of hydrogen-bond donors (Lipinski definition) is 3. The van der Waals surface area contributed by atoms with Crippen LogP contribution in [0.5, 0.6) is 0 Å². The van der Waals surface area contributed by atoms with Gasteiger partial charge in [0.1, 0.15) is 18.5 Å². The van der Waals surface area contributed by atoms with E-state index in [1.165, 1.54) is 24.4 Å². The fourth-order valence-corrected chi connectivity index (χ4v) is 5.61. The lowest BCUT2D eigenvalue weighted by atomic mass is 10.1. The van der Waals surface area contributed by atoms with Gasteiger partial charge in [-0.15, -0.1) is 11.8 Å². The van der Waals surface area contributed by atoms with Gasteiger partial charge in [-0.2, -0.15) is 0 Å². The maximum absolute atomic E-state index is 10.7. The molecule has 2 aliphatic heterocycles. The van der Waals surface area contributed by atoms with E-state index in [-0.39, 0.29) is 6.04 Å². The minimum absolute atomic E-state index is 0.159. The minimum atomic E-state index is -1.16. The Labute approximate surface area is 198 Å². The Kier molecular flexibility index (Phi) is 6.44. The molecule has 2 saturated heterocycles. The number of fused-ring (bicyclic) bond motifs is 1. The Morgan fingerprint density at radius 3 is 2.72 bits per heavy atom. The number of halogens is 2. The molecule has 2 fully saturated rings. The molecule has 3 aromatic rings. The van der Waals surface area contributed by atoms with Crippen LogP contribution in [-0.4, -0.2) is 73.1 Å². The number of nitrogens with one attached hydrogen (secondary N) is 1. The molecule has 0 amide bonds. The van der Waals surface area contributed by atoms with E-state index in [0.717, 1.165) is 6.42 Å². The second-order valence-corrected chi connectivity index (χ2v) is 9.50. The summed E-state index contributed by atoms with van der Waals surface area (Å²) in [5, 5.41) is 25.7. The van der Waals surface area contributed by atoms with Crippen LogP contribution < -0.4 is 5.32 Å². The summed E-state index contributed by atoms with van der Waals surface area (Å²) in [6, 6.07) is 5.43. The number of ether oxygens (including phenoxy) is 2. The SMILES string of the molecule is O[C@@H]1[C@H](O)[C@@H](CSc2c(Cl)cccc2Cl)O[C@H]1n1cnc2c(NC3CCOC3)ncnc21. The fourth-order valence-electron chi connectivity index (χ4n) is 3.87. The zero-order valence-electron chi connectivity index (χ0n) is 16.8. The number of benzene rings is 1. The molecule has 2 aliphatic rings. The topological polar surface area (TPSA) is 115 Å². The molecule has 32 heavy (non-hydrogen) atoms. The Bertz CT molecular complexity index is 1090. The third-order valence-electron chi connectivity index (χ3n) is 5.55. The van der Waals surface area contributed by atoms with Crippen molar-refractivity contribution < 1.29 is 19.7 Å². The van der Waals surface area contributed by atoms with E-state index in [9.17, 15) is 10.2 Å². The van der Waals surface area contributed by atoms with E-state index in [4.69, 9.17) is 32.7 Å². The van der Waals surface area contributed by atoms with Gasteiger partial charge >= 0.3 is 0 Å². The summed E-state index contributed by atoms with van der Waals surface area (Å²) in [5.41, 5.74) is 1.06. The number of aliphatic hydroxyl groups excluding tert-OH is 2. The zero-order chi connectivity index (χ0) is 22.2. The van der Waals surface area contributed by atoms with Crippen LogP contribution in [0.3, 0.4) is 0 Å². The quantitative estimate of drug-likeness (QED) is 0.442. The largest absolute Gasteiger partial charge is 0.387 e. The molecule has 9 nitrogen and oxygen atoms in total. The molecule has 0 bridgehead atoms. The van der Waals surface area contributed by atoms with Crippen molar-refractivity contribution in [3.05, 3.63) is 40.9 Å². The van der Waals surface area contributed by atoms with Crippen molar-refractivity contribution in [1.82, 2.24) is 19.5 Å². The lowest BCUT2D eigenvalue weighted by Gasteiger charge is -2.17. The first kappa shape index (κ1) is 22.1. The van der Waals surface area contributed by atoms with Gasteiger partial charge in [-0.3, -0.25) is 4.57 Å². The maximum atomic E-state index is 10.7. The first-order chi connectivity index (χ1) is 15.5. The van der Waals surface area contributed by atoms with Crippen LogP contribution in [0.2, 0.25) is 10.0 Å². The highest BCUT2D eigenvalue weighted by Crippen LogP contribution is 2.38. The third-order valence-corrected chi connectivity index (χ3v) is 7.63. The molecule has 5 atom stereocenters. The average molecular weight is 498 g/mol. The highest BCUT2D eigenvalue weighted by atomic mass is 35.5. The van der Waals surface area contributed by atoms with Crippen LogP contribution in [0.4, 0.5) is 5.82 Å². The predicted octanol–water partition coefficient (Wildman–Crippen LogP) is 2.75. The third kappa shape index (κ3) is 4.16. The Morgan fingerprint density at radius 2 is 1.97 bits per heavy atom. The van der Waals surface area contributed by atoms with Gasteiger partial charge < -0.3 is 25.0 Å². The van der Waals surface area contributed by atoms with Crippen molar-refractivity contribution in [3.63, 3.8) is 0 Å². The lowest BCUT2D eigenvalue weighted by molar-refractivity contribution is -0.0289. The number of aliphatic hydroxyl groups is 2. The minimum Gasteiger partial charge on any atom is -0.387 e. The number of aromatic nitrogens is 4. The molecule has 4 heterocycles. The van der Waals surface area contributed by atoms with Crippen molar-refractivity contribution in [2.45, 2.75) is 41.9 Å². The highest BCUT2D eigenvalue weighted by molar-refractivity contribution is 7.99. The van der Waals surface area contributed by atoms with Gasteiger partial charge in [-0.25, -0.2) is 15.0 Å². The predicted molar refractivity (Wildman–Crippen MR) is 121 cm³/mol. The van der Waals surface area contributed by atoms with Crippen LogP contribution in [0, 0.1) is 0 Å². The van der Waals surface area contributed by atoms with Gasteiger partial charge in [0, 0.05) is 17.3 Å². The first-order valence-electron chi connectivity index (χ1n) is 10.1. The van der Waals surface area contributed by atoms with Crippen molar-refractivity contribution in [1.29, 1.82) is 0 Å². The van der Waals surface area contributed by atoms with Crippen LogP contribution in [-0.2, 0) is 9.47 Å². The Morgan fingerprint density at radius 1 is 1.16 bits per heavy atom. The lowest BCUT2D eigenvalue weighted by Crippen LogP contribution is -2.32. The summed E-state index contributed by atoms with van der Waals surface area (Å²) in [6.45, 7) is 1.32. The van der Waals surface area contributed by atoms with Crippen LogP contribution >= 0.6 is 35.0 Å². The standard InChI is InChI=1S/C20H21Cl2N5O4S/c21-11-2-1-3-12(22)17(11)32-7-13-15(28)16(29)20(31-13)27-9-25-14-18(23-8-24-19(14)27)26-10-4-5-30-6-10/h1-3,8-10,13,15-16,20,28-29H,4-7H2,(H,23,24,26)/t10?,13-,15-,16-,20-/m1/s1. The summed E-state index contributed by atoms with van der Waals surface area (Å²) in [6.07, 6.45) is 0.118. The molecule has 0 spiro atoms. The summed E-state index contributed by atoms with van der Waals surface area (Å²) < 4.78 is 13.1. The van der Waals surface area contributed by atoms with E-state index in [0.29, 0.717) is 50.9 Å². The second-order valence-electron chi connectivity index (χ2n) is 7.66. The van der Waals surface area contributed by atoms with Gasteiger partial charge in [-0.05, 0) is 18.6 Å². The van der Waals surface area contributed by atoms with Gasteiger partial charge in [0.05, 0.1) is 35.1 Å². The van der Waals surface area contributed by atoms with E-state index >= 15 is 0 Å². The number of rotatable bonds is 6. The average Bonchev–Trinajstić information content (AvgIpc) is 3.50. The molecular formula is C20H21Cl2N5O4S. The molecule has 3 N–H and O–H groups in total. The van der Waals surface area contributed by atoms with Gasteiger partial charge in [0.15, 0.2) is 23.2 Å². The van der Waals surface area contributed by atoms with Crippen molar-refractivity contribution in [3.8, 4) is 0 Å². The smallest absolute Gasteiger partial charge is 0.167 e. The molecule has 12 heteroatoms. The second kappa shape index (κ2) is 9.30. The van der Waals surface area contributed by atoms with E-state index < -0.39 is 24.5 Å². The number of anilines is 1. The highest BCUT2D eigenvalue weighted by Gasteiger charge is 2.44. The van der Waals surface area contributed by atoms with E-state index in [2.05, 4.69) is 20.3 Å². The monoisotopic (exact) mass is 497 g/mol. The van der Waals surface area contributed by atoms with Crippen LogP contribution in [0.25, 0.3) is 11.2 Å². The Balaban J connectivity index is 1.34. The molecular weight excluding hydrogens is 477 g/mol. The number of imidazole rings is 1. The van der Waals surface area contributed by atoms with Gasteiger partial charge in [0.2, 0.25) is 0 Å². The van der Waals surface area contributed by atoms with E-state index in [1.807, 2.05) is 0 Å². The Hall–Kier alpha value is -1.66. The normalized spacial score (nSPS) is 27.9. The summed E-state index contributed by atoms with van der Waals surface area (Å²) in [7, 11) is 0. The van der Waals surface area contributed by atoms with Gasteiger partial charge in [-0.1, -0.05) is 29.3 Å². The zero-order valence-corrected chi connectivity index (χ0v) is 19.1. The molecule has 170 valence electrons. The number of nitrogens with zero attached hydrogens (tertiary/aromatic N) is 4. The summed E-state index contributed by atoms with van der Waals surface area (Å²) in [4.78, 5) is 13.8. The summed E-state index contributed by atoms with van der Waals surface area (Å²) >= 11 is 13.8. The number of hydrogen-bond acceptors (Lipinski definition) is 9. The maximum Gasteiger partial charge on any atom is 0.167 e.